The van der Waals surface area contributed by atoms with Crippen LogP contribution in [0.4, 0.5) is 14.9 Å². The summed E-state index contributed by atoms with van der Waals surface area (Å²) in [7, 11) is 1.27. The number of nitrogens with one attached hydrogen (secondary N) is 2. The number of thiazole rings is 1. The van der Waals surface area contributed by atoms with Gasteiger partial charge >= 0.3 is 6.09 Å². The van der Waals surface area contributed by atoms with Gasteiger partial charge in [0, 0.05) is 40.4 Å². The number of rotatable bonds is 9. The molecule has 0 fully saturated rings. The maximum Gasteiger partial charge on any atom is 0.411 e. The third-order valence-corrected chi connectivity index (χ3v) is 7.78. The molecule has 2 aromatic carbocycles. The number of hydrogen-bond acceptors (Lipinski definition) is 10. The third-order valence-electron chi connectivity index (χ3n) is 6.22. The lowest BCUT2D eigenvalue weighted by Crippen LogP contribution is -2.29. The van der Waals surface area contributed by atoms with Crippen LogP contribution in [0.5, 0.6) is 0 Å². The van der Waals surface area contributed by atoms with Crippen molar-refractivity contribution in [3.63, 3.8) is 0 Å². The molecule has 0 spiro atoms. The number of hydrogen-bond donors (Lipinski definition) is 2. The molecule has 0 radical (unpaired) electrons. The van der Waals surface area contributed by atoms with Gasteiger partial charge in [-0.3, -0.25) is 10.1 Å². The lowest BCUT2D eigenvalue weighted by Gasteiger charge is -2.17. The third kappa shape index (κ3) is 7.22. The number of benzene rings is 2. The van der Waals surface area contributed by atoms with Crippen LogP contribution in [0.1, 0.15) is 28.0 Å². The molecule has 1 atom stereocenters. The Morgan fingerprint density at radius 1 is 1.16 bits per heavy atom. The monoisotopic (exact) mass is 653 g/mol. The molecule has 44 heavy (non-hydrogen) atoms. The molecule has 0 aliphatic heterocycles. The Balaban J connectivity index is 1.44. The van der Waals surface area contributed by atoms with Gasteiger partial charge in [-0.05, 0) is 59.3 Å². The van der Waals surface area contributed by atoms with Gasteiger partial charge in [0.1, 0.15) is 6.33 Å². The fraction of sp³-hybridized carbons (Fsp3) is 0.143. The highest BCUT2D eigenvalue weighted by molar-refractivity contribution is 7.09. The van der Waals surface area contributed by atoms with Crippen LogP contribution in [-0.2, 0) is 16.0 Å². The second-order valence-electron chi connectivity index (χ2n) is 9.20. The first-order valence-corrected chi connectivity index (χ1v) is 14.4. The van der Waals surface area contributed by atoms with Gasteiger partial charge in [0.2, 0.25) is 5.91 Å². The molecule has 0 aliphatic rings. The van der Waals surface area contributed by atoms with Crippen molar-refractivity contribution in [3.8, 4) is 16.8 Å². The van der Waals surface area contributed by atoms with Crippen LogP contribution in [0.3, 0.4) is 0 Å². The predicted octanol–water partition coefficient (Wildman–Crippen LogP) is 5.62. The molecule has 0 saturated heterocycles. The summed E-state index contributed by atoms with van der Waals surface area (Å²) in [4.78, 5) is 29.3. The number of methoxy groups -OCH3 is 1. The van der Waals surface area contributed by atoms with Gasteiger partial charge in [0.05, 0.1) is 34.6 Å². The maximum absolute atomic E-state index is 15.0. The summed E-state index contributed by atoms with van der Waals surface area (Å²) in [6, 6.07) is 10.8. The van der Waals surface area contributed by atoms with Gasteiger partial charge in [0.15, 0.2) is 11.0 Å². The van der Waals surface area contributed by atoms with Crippen LogP contribution in [0.25, 0.3) is 22.9 Å². The fourth-order valence-corrected chi connectivity index (χ4v) is 5.32. The number of nitrogens with zero attached hydrogens (tertiary/aromatic N) is 7. The van der Waals surface area contributed by atoms with E-state index < -0.39 is 23.9 Å². The number of aromatic nitrogens is 7. The molecule has 16 heteroatoms. The van der Waals surface area contributed by atoms with Crippen LogP contribution in [0, 0.1) is 12.7 Å². The first-order valence-electron chi connectivity index (χ1n) is 12.8. The molecular formula is C28H22Cl2FN9O3S. The van der Waals surface area contributed by atoms with E-state index in [1.54, 1.807) is 30.3 Å². The zero-order valence-electron chi connectivity index (χ0n) is 23.0. The van der Waals surface area contributed by atoms with Crippen molar-refractivity contribution in [3.05, 3.63) is 98.2 Å². The average molecular weight is 655 g/mol. The van der Waals surface area contributed by atoms with E-state index in [0.717, 1.165) is 10.7 Å². The van der Waals surface area contributed by atoms with Crippen molar-refractivity contribution in [1.29, 1.82) is 0 Å². The number of carbonyl (C=O) groups excluding carboxylic acids is 2. The highest BCUT2D eigenvalue weighted by Gasteiger charge is 2.21. The molecule has 0 aliphatic carbocycles. The zero-order valence-corrected chi connectivity index (χ0v) is 25.4. The predicted molar refractivity (Wildman–Crippen MR) is 163 cm³/mol. The topological polar surface area (TPSA) is 150 Å². The van der Waals surface area contributed by atoms with Crippen molar-refractivity contribution < 1.29 is 18.7 Å². The van der Waals surface area contributed by atoms with Crippen molar-refractivity contribution in [2.24, 2.45) is 0 Å². The van der Waals surface area contributed by atoms with E-state index in [1.165, 1.54) is 53.7 Å². The van der Waals surface area contributed by atoms with Gasteiger partial charge in [-0.25, -0.2) is 14.2 Å². The average Bonchev–Trinajstić information content (AvgIpc) is 3.70. The molecule has 3 heterocycles. The SMILES string of the molecule is COC(=O)Nc1ccc(-c2cc([C@H](Cc3nc(C)cs3)NC(=O)/C=C/c3c(-n4cnnn4)ccc(Cl)c3F)nnc2Cl)cc1. The Hall–Kier alpha value is -4.79. The van der Waals surface area contributed by atoms with Crippen LogP contribution in [0.2, 0.25) is 10.2 Å². The number of anilines is 1. The summed E-state index contributed by atoms with van der Waals surface area (Å²) in [5.41, 5.74) is 3.34. The molecule has 2 amide bonds. The van der Waals surface area contributed by atoms with E-state index in [4.69, 9.17) is 23.2 Å². The molecule has 0 bridgehead atoms. The Bertz CT molecular complexity index is 1830. The molecule has 12 nitrogen and oxygen atoms in total. The molecule has 224 valence electrons. The molecule has 2 N–H and O–H groups in total. The van der Waals surface area contributed by atoms with Crippen LogP contribution in [-0.4, -0.2) is 54.5 Å². The smallest absolute Gasteiger partial charge is 0.411 e. The fourth-order valence-electron chi connectivity index (χ4n) is 4.13. The lowest BCUT2D eigenvalue weighted by atomic mass is 10.0. The molecule has 0 saturated carbocycles. The van der Waals surface area contributed by atoms with Crippen molar-refractivity contribution in [2.75, 3.05) is 12.4 Å². The summed E-state index contributed by atoms with van der Waals surface area (Å²) in [6.07, 6.45) is 3.48. The largest absolute Gasteiger partial charge is 0.453 e. The minimum absolute atomic E-state index is 0.0192. The van der Waals surface area contributed by atoms with Gasteiger partial charge in [-0.2, -0.15) is 9.78 Å². The number of amides is 2. The lowest BCUT2D eigenvalue weighted by molar-refractivity contribution is -0.117. The Morgan fingerprint density at radius 3 is 2.64 bits per heavy atom. The summed E-state index contributed by atoms with van der Waals surface area (Å²) >= 11 is 13.9. The zero-order chi connectivity index (χ0) is 31.2. The maximum atomic E-state index is 15.0. The number of ether oxygens (including phenoxy) is 1. The number of carbonyl (C=O) groups is 2. The summed E-state index contributed by atoms with van der Waals surface area (Å²) in [6.45, 7) is 1.87. The quantitative estimate of drug-likeness (QED) is 0.193. The minimum Gasteiger partial charge on any atom is -0.453 e. The van der Waals surface area contributed by atoms with E-state index in [2.05, 4.69) is 46.1 Å². The summed E-state index contributed by atoms with van der Waals surface area (Å²) in [5, 5.41) is 27.5. The highest BCUT2D eigenvalue weighted by Crippen LogP contribution is 2.30. The first kappa shape index (κ1) is 30.7. The van der Waals surface area contributed by atoms with E-state index in [1.807, 2.05) is 12.3 Å². The Kier molecular flexibility index (Phi) is 9.53. The Morgan fingerprint density at radius 2 is 1.95 bits per heavy atom. The second kappa shape index (κ2) is 13.7. The minimum atomic E-state index is -0.737. The highest BCUT2D eigenvalue weighted by atomic mass is 35.5. The molecule has 5 aromatic rings. The number of aryl methyl sites for hydroxylation is 1. The van der Waals surface area contributed by atoms with E-state index in [0.29, 0.717) is 28.9 Å². The van der Waals surface area contributed by atoms with Crippen molar-refractivity contribution in [2.45, 2.75) is 19.4 Å². The number of tetrazole rings is 1. The van der Waals surface area contributed by atoms with E-state index in [-0.39, 0.29) is 21.4 Å². The van der Waals surface area contributed by atoms with Crippen molar-refractivity contribution >= 4 is 58.3 Å². The van der Waals surface area contributed by atoms with Crippen LogP contribution < -0.4 is 10.6 Å². The first-order chi connectivity index (χ1) is 21.2. The molecular weight excluding hydrogens is 632 g/mol. The number of halogens is 3. The van der Waals surface area contributed by atoms with Gasteiger partial charge in [-0.1, -0.05) is 35.3 Å². The van der Waals surface area contributed by atoms with Gasteiger partial charge in [-0.15, -0.1) is 21.5 Å². The summed E-state index contributed by atoms with van der Waals surface area (Å²) in [5.74, 6) is -1.28. The molecule has 0 unspecified atom stereocenters. The summed E-state index contributed by atoms with van der Waals surface area (Å²) < 4.78 is 20.9. The van der Waals surface area contributed by atoms with Crippen LogP contribution >= 0.6 is 34.5 Å². The van der Waals surface area contributed by atoms with E-state index >= 15 is 4.39 Å². The molecule has 3 aromatic heterocycles. The standard InChI is InChI=1S/C28H22Cl2FN9O3S/c1-15-13-44-25(33-15)12-21(22-11-19(27(30)37-36-22)16-3-5-17(6-4-16)34-28(42)43-2)35-24(41)10-7-18-23(40-14-32-38-39-40)9-8-20(29)26(18)31/h3-11,13-14,21H,12H2,1-2H3,(H,34,42)(H,35,41)/b10-7+/t21-/m0/s1. The normalized spacial score (nSPS) is 11.8. The van der Waals surface area contributed by atoms with Crippen molar-refractivity contribution in [1.82, 2.24) is 40.7 Å². The Labute approximate surface area is 263 Å². The van der Waals surface area contributed by atoms with Gasteiger partial charge < -0.3 is 10.1 Å². The van der Waals surface area contributed by atoms with Gasteiger partial charge in [0.25, 0.3) is 0 Å². The second-order valence-corrected chi connectivity index (χ2v) is 10.9. The van der Waals surface area contributed by atoms with Crippen LogP contribution in [0.15, 0.2) is 60.2 Å². The molecule has 5 rings (SSSR count). The van der Waals surface area contributed by atoms with E-state index in [9.17, 15) is 9.59 Å².